The van der Waals surface area contributed by atoms with E-state index in [2.05, 4.69) is 29.0 Å². The molecular formula is C13H20ClN3O. The molecule has 1 N–H and O–H groups in total. The second-order valence-electron chi connectivity index (χ2n) is 5.16. The highest BCUT2D eigenvalue weighted by Crippen LogP contribution is 2.24. The molecular weight excluding hydrogens is 250 g/mol. The van der Waals surface area contributed by atoms with E-state index in [4.69, 9.17) is 16.3 Å². The zero-order chi connectivity index (χ0) is 13.2. The molecule has 2 heterocycles. The number of aromatic nitrogens is 1. The molecule has 0 atom stereocenters. The summed E-state index contributed by atoms with van der Waals surface area (Å²) in [7, 11) is 1.86. The van der Waals surface area contributed by atoms with Crippen LogP contribution in [0, 0.1) is 0 Å². The molecule has 1 fully saturated rings. The first kappa shape index (κ1) is 13.6. The Labute approximate surface area is 113 Å². The third-order valence-corrected chi connectivity index (χ3v) is 3.68. The van der Waals surface area contributed by atoms with Crippen molar-refractivity contribution >= 4 is 17.4 Å². The largest absolute Gasteiger partial charge is 0.378 e. The van der Waals surface area contributed by atoms with E-state index in [9.17, 15) is 0 Å². The van der Waals surface area contributed by atoms with Crippen LogP contribution in [0.25, 0.3) is 0 Å². The van der Waals surface area contributed by atoms with Gasteiger partial charge in [-0.15, -0.1) is 0 Å². The molecule has 0 saturated carbocycles. The maximum absolute atomic E-state index is 6.22. The minimum Gasteiger partial charge on any atom is -0.378 e. The minimum atomic E-state index is 0.0267. The van der Waals surface area contributed by atoms with E-state index in [1.807, 2.05) is 19.2 Å². The number of hydrogen-bond acceptors (Lipinski definition) is 4. The molecule has 1 saturated heterocycles. The van der Waals surface area contributed by atoms with Crippen molar-refractivity contribution in [3.63, 3.8) is 0 Å². The summed E-state index contributed by atoms with van der Waals surface area (Å²) in [5.74, 6) is 0.848. The Hall–Kier alpha value is -0.840. The Bertz CT molecular complexity index is 423. The van der Waals surface area contributed by atoms with Gasteiger partial charge in [-0.3, -0.25) is 4.90 Å². The second kappa shape index (κ2) is 5.43. The minimum absolute atomic E-state index is 0.0267. The maximum atomic E-state index is 6.22. The van der Waals surface area contributed by atoms with Gasteiger partial charge >= 0.3 is 0 Å². The molecule has 0 aromatic carbocycles. The zero-order valence-electron chi connectivity index (χ0n) is 11.2. The number of nitrogens with one attached hydrogen (secondary N) is 1. The zero-order valence-corrected chi connectivity index (χ0v) is 11.9. The summed E-state index contributed by atoms with van der Waals surface area (Å²) in [5, 5.41) is 3.76. The third kappa shape index (κ3) is 2.94. The highest BCUT2D eigenvalue weighted by molar-refractivity contribution is 6.31. The van der Waals surface area contributed by atoms with E-state index in [1.54, 1.807) is 0 Å². The van der Waals surface area contributed by atoms with Gasteiger partial charge in [-0.05, 0) is 26.0 Å². The number of nitrogens with zero attached hydrogens (tertiary/aromatic N) is 2. The van der Waals surface area contributed by atoms with Crippen LogP contribution in [-0.4, -0.2) is 42.2 Å². The number of pyridine rings is 1. The van der Waals surface area contributed by atoms with Crippen LogP contribution in [0.5, 0.6) is 0 Å². The standard InChI is InChI=1S/C13H20ClN3O/c1-13(2)9-18-7-6-17(13)8-11-10(14)4-5-12(15-3)16-11/h4-5H,6-9H2,1-3H3,(H,15,16). The smallest absolute Gasteiger partial charge is 0.126 e. The molecule has 0 bridgehead atoms. The fourth-order valence-electron chi connectivity index (χ4n) is 2.10. The van der Waals surface area contributed by atoms with Crippen LogP contribution in [0.3, 0.4) is 0 Å². The summed E-state index contributed by atoms with van der Waals surface area (Å²) in [6.45, 7) is 7.55. The average Bonchev–Trinajstić information content (AvgIpc) is 2.34. The summed E-state index contributed by atoms with van der Waals surface area (Å²) < 4.78 is 5.52. The Balaban J connectivity index is 2.17. The molecule has 5 heteroatoms. The van der Waals surface area contributed by atoms with E-state index in [0.29, 0.717) is 0 Å². The number of hydrogen-bond donors (Lipinski definition) is 1. The van der Waals surface area contributed by atoms with E-state index in [-0.39, 0.29) is 5.54 Å². The summed E-state index contributed by atoms with van der Waals surface area (Å²) in [6.07, 6.45) is 0. The Morgan fingerprint density at radius 3 is 2.94 bits per heavy atom. The lowest BCUT2D eigenvalue weighted by Crippen LogP contribution is -2.52. The van der Waals surface area contributed by atoms with Crippen molar-refractivity contribution in [2.75, 3.05) is 32.1 Å². The Kier molecular flexibility index (Phi) is 4.10. The van der Waals surface area contributed by atoms with Gasteiger partial charge in [-0.25, -0.2) is 4.98 Å². The molecule has 2 rings (SSSR count). The molecule has 0 amide bonds. The van der Waals surface area contributed by atoms with Crippen molar-refractivity contribution in [3.05, 3.63) is 22.8 Å². The van der Waals surface area contributed by atoms with Crippen molar-refractivity contribution in [2.24, 2.45) is 0 Å². The topological polar surface area (TPSA) is 37.4 Å². The van der Waals surface area contributed by atoms with Crippen LogP contribution in [-0.2, 0) is 11.3 Å². The highest BCUT2D eigenvalue weighted by Gasteiger charge is 2.31. The average molecular weight is 270 g/mol. The lowest BCUT2D eigenvalue weighted by atomic mass is 10.0. The van der Waals surface area contributed by atoms with E-state index < -0.39 is 0 Å². The normalized spacial score (nSPS) is 19.8. The monoisotopic (exact) mass is 269 g/mol. The Morgan fingerprint density at radius 2 is 2.28 bits per heavy atom. The van der Waals surface area contributed by atoms with Crippen LogP contribution in [0.1, 0.15) is 19.5 Å². The van der Waals surface area contributed by atoms with Crippen molar-refractivity contribution in [1.82, 2.24) is 9.88 Å². The summed E-state index contributed by atoms with van der Waals surface area (Å²) >= 11 is 6.22. The molecule has 100 valence electrons. The number of halogens is 1. The van der Waals surface area contributed by atoms with Crippen molar-refractivity contribution in [1.29, 1.82) is 0 Å². The van der Waals surface area contributed by atoms with Gasteiger partial charge in [-0.2, -0.15) is 0 Å². The molecule has 1 aliphatic rings. The van der Waals surface area contributed by atoms with Crippen LogP contribution in [0.4, 0.5) is 5.82 Å². The number of morpholine rings is 1. The van der Waals surface area contributed by atoms with Crippen molar-refractivity contribution < 1.29 is 4.74 Å². The maximum Gasteiger partial charge on any atom is 0.126 e. The van der Waals surface area contributed by atoms with Crippen LogP contribution in [0.15, 0.2) is 12.1 Å². The molecule has 0 spiro atoms. The van der Waals surface area contributed by atoms with E-state index in [0.717, 1.165) is 42.8 Å². The molecule has 18 heavy (non-hydrogen) atoms. The van der Waals surface area contributed by atoms with E-state index >= 15 is 0 Å². The third-order valence-electron chi connectivity index (χ3n) is 3.33. The Morgan fingerprint density at radius 1 is 1.50 bits per heavy atom. The first-order chi connectivity index (χ1) is 8.53. The molecule has 0 radical (unpaired) electrons. The lowest BCUT2D eigenvalue weighted by molar-refractivity contribution is -0.0557. The first-order valence-electron chi connectivity index (χ1n) is 6.19. The van der Waals surface area contributed by atoms with Crippen molar-refractivity contribution in [2.45, 2.75) is 25.9 Å². The van der Waals surface area contributed by atoms with Crippen LogP contribution in [0.2, 0.25) is 5.02 Å². The van der Waals surface area contributed by atoms with E-state index in [1.165, 1.54) is 0 Å². The molecule has 0 unspecified atom stereocenters. The summed E-state index contributed by atoms with van der Waals surface area (Å²) in [4.78, 5) is 6.89. The van der Waals surface area contributed by atoms with Gasteiger partial charge in [0.2, 0.25) is 0 Å². The van der Waals surface area contributed by atoms with Gasteiger partial charge in [0.05, 0.1) is 23.9 Å². The molecule has 0 aliphatic carbocycles. The molecule has 1 aliphatic heterocycles. The van der Waals surface area contributed by atoms with Gasteiger partial charge in [0.25, 0.3) is 0 Å². The van der Waals surface area contributed by atoms with Gasteiger partial charge in [0, 0.05) is 25.7 Å². The molecule has 4 nitrogen and oxygen atoms in total. The molecule has 1 aromatic rings. The van der Waals surface area contributed by atoms with Crippen molar-refractivity contribution in [3.8, 4) is 0 Å². The fourth-order valence-corrected chi connectivity index (χ4v) is 2.26. The predicted octanol–water partition coefficient (Wildman–Crippen LogP) is 2.39. The predicted molar refractivity (Wildman–Crippen MR) is 74.1 cm³/mol. The molecule has 1 aromatic heterocycles. The van der Waals surface area contributed by atoms with Crippen LogP contribution >= 0.6 is 11.6 Å². The number of ether oxygens (including phenoxy) is 1. The fraction of sp³-hybridized carbons (Fsp3) is 0.615. The lowest BCUT2D eigenvalue weighted by Gasteiger charge is -2.42. The van der Waals surface area contributed by atoms with Gasteiger partial charge < -0.3 is 10.1 Å². The quantitative estimate of drug-likeness (QED) is 0.914. The number of anilines is 1. The van der Waals surface area contributed by atoms with Gasteiger partial charge in [0.15, 0.2) is 0 Å². The highest BCUT2D eigenvalue weighted by atomic mass is 35.5. The second-order valence-corrected chi connectivity index (χ2v) is 5.57. The first-order valence-corrected chi connectivity index (χ1v) is 6.57. The van der Waals surface area contributed by atoms with Gasteiger partial charge in [0.1, 0.15) is 5.82 Å². The number of rotatable bonds is 3. The van der Waals surface area contributed by atoms with Gasteiger partial charge in [-0.1, -0.05) is 11.6 Å². The van der Waals surface area contributed by atoms with Crippen LogP contribution < -0.4 is 5.32 Å². The summed E-state index contributed by atoms with van der Waals surface area (Å²) in [6, 6.07) is 3.78. The SMILES string of the molecule is CNc1ccc(Cl)c(CN2CCOCC2(C)C)n1. The summed E-state index contributed by atoms with van der Waals surface area (Å²) in [5.41, 5.74) is 0.942.